The molecule has 8 heteroatoms. The molecule has 2 amide bonds. The highest BCUT2D eigenvalue weighted by atomic mass is 32.2. The van der Waals surface area contributed by atoms with Crippen LogP contribution >= 0.6 is 34.9 Å². The first-order valence-corrected chi connectivity index (χ1v) is 10.1. The molecule has 5 nitrogen and oxygen atoms in total. The van der Waals surface area contributed by atoms with Gasteiger partial charge in [-0.25, -0.2) is 0 Å². The molecule has 2 aliphatic heterocycles. The third kappa shape index (κ3) is 2.98. The molecule has 1 aromatic rings. The zero-order valence-electron chi connectivity index (χ0n) is 11.9. The standard InChI is InChI=1S/C14H15N3O2S3/c15-7-10-1-4-22-12(10)14(19)17-9-21-8-11(17)13(18)16-2-5-20-6-3-16/h1,4,11H,2-3,5-6,8-9H2. The van der Waals surface area contributed by atoms with Crippen molar-refractivity contribution in [3.05, 3.63) is 21.9 Å². The van der Waals surface area contributed by atoms with Crippen molar-refractivity contribution in [3.8, 4) is 6.07 Å². The zero-order valence-corrected chi connectivity index (χ0v) is 14.3. The van der Waals surface area contributed by atoms with E-state index in [1.54, 1.807) is 28.1 Å². The molecule has 0 saturated carbocycles. The monoisotopic (exact) mass is 353 g/mol. The summed E-state index contributed by atoms with van der Waals surface area (Å²) in [6.07, 6.45) is 0. The molecule has 0 bridgehead atoms. The van der Waals surface area contributed by atoms with Crippen LogP contribution in [0.5, 0.6) is 0 Å². The molecule has 0 spiro atoms. The van der Waals surface area contributed by atoms with Crippen molar-refractivity contribution in [2.24, 2.45) is 0 Å². The second kappa shape index (κ2) is 6.94. The molecule has 1 atom stereocenters. The number of carbonyl (C=O) groups is 2. The predicted octanol–water partition coefficient (Wildman–Crippen LogP) is 1.71. The largest absolute Gasteiger partial charge is 0.339 e. The minimum atomic E-state index is -0.394. The highest BCUT2D eigenvalue weighted by molar-refractivity contribution is 7.99. The number of hydrogen-bond acceptors (Lipinski definition) is 6. The average Bonchev–Trinajstić information content (AvgIpc) is 3.23. The van der Waals surface area contributed by atoms with Gasteiger partial charge in [-0.1, -0.05) is 0 Å². The summed E-state index contributed by atoms with van der Waals surface area (Å²) in [4.78, 5) is 29.3. The molecule has 3 rings (SSSR count). The molecule has 1 unspecified atom stereocenters. The maximum absolute atomic E-state index is 12.7. The van der Waals surface area contributed by atoms with Gasteiger partial charge < -0.3 is 9.80 Å². The summed E-state index contributed by atoms with van der Waals surface area (Å²) in [5.41, 5.74) is 0.396. The summed E-state index contributed by atoms with van der Waals surface area (Å²) < 4.78 is 0. The van der Waals surface area contributed by atoms with Crippen LogP contribution < -0.4 is 0 Å². The molecule has 2 fully saturated rings. The van der Waals surface area contributed by atoms with E-state index in [0.29, 0.717) is 22.1 Å². The first-order chi connectivity index (χ1) is 10.7. The van der Waals surface area contributed by atoms with E-state index in [2.05, 4.69) is 0 Å². The summed E-state index contributed by atoms with van der Waals surface area (Å²) in [7, 11) is 0. The lowest BCUT2D eigenvalue weighted by molar-refractivity contribution is -0.134. The molecule has 0 aliphatic carbocycles. The van der Waals surface area contributed by atoms with Crippen molar-refractivity contribution in [1.29, 1.82) is 5.26 Å². The lowest BCUT2D eigenvalue weighted by Crippen LogP contribution is -2.51. The quantitative estimate of drug-likeness (QED) is 0.810. The predicted molar refractivity (Wildman–Crippen MR) is 90.2 cm³/mol. The number of thiophene rings is 1. The Bertz CT molecular complexity index is 619. The zero-order chi connectivity index (χ0) is 15.5. The first-order valence-electron chi connectivity index (χ1n) is 6.95. The maximum Gasteiger partial charge on any atom is 0.266 e. The van der Waals surface area contributed by atoms with Crippen LogP contribution in [0.15, 0.2) is 11.4 Å². The van der Waals surface area contributed by atoms with Gasteiger partial charge >= 0.3 is 0 Å². The fourth-order valence-electron chi connectivity index (χ4n) is 2.54. The molecule has 2 aliphatic rings. The number of thioether (sulfide) groups is 2. The number of rotatable bonds is 2. The van der Waals surface area contributed by atoms with Gasteiger partial charge in [0, 0.05) is 30.3 Å². The number of hydrogen-bond donors (Lipinski definition) is 0. The normalized spacial score (nSPS) is 21.7. The lowest BCUT2D eigenvalue weighted by atomic mass is 10.2. The molecule has 1 aromatic heterocycles. The highest BCUT2D eigenvalue weighted by Gasteiger charge is 2.38. The Morgan fingerprint density at radius 2 is 2.05 bits per heavy atom. The molecule has 3 heterocycles. The molecule has 0 radical (unpaired) electrons. The van der Waals surface area contributed by atoms with Crippen molar-refractivity contribution >= 4 is 46.7 Å². The minimum Gasteiger partial charge on any atom is -0.339 e. The summed E-state index contributed by atoms with van der Waals surface area (Å²) in [6, 6.07) is 3.30. The summed E-state index contributed by atoms with van der Waals surface area (Å²) in [5.74, 6) is 2.93. The minimum absolute atomic E-state index is 0.0497. The second-order valence-corrected chi connectivity index (χ2v) is 8.14. The molecule has 0 N–H and O–H groups in total. The number of carbonyl (C=O) groups excluding carboxylic acids is 2. The molecule has 0 aromatic carbocycles. The van der Waals surface area contributed by atoms with E-state index in [0.717, 1.165) is 24.6 Å². The van der Waals surface area contributed by atoms with Gasteiger partial charge in [0.25, 0.3) is 5.91 Å². The highest BCUT2D eigenvalue weighted by Crippen LogP contribution is 2.28. The van der Waals surface area contributed by atoms with Gasteiger partial charge in [-0.15, -0.1) is 23.1 Å². The number of amides is 2. The Labute approximate surface area is 141 Å². The van der Waals surface area contributed by atoms with Gasteiger partial charge in [0.05, 0.1) is 11.4 Å². The summed E-state index contributed by atoms with van der Waals surface area (Å²) >= 11 is 4.72. The molecule has 116 valence electrons. The van der Waals surface area contributed by atoms with Crippen molar-refractivity contribution in [1.82, 2.24) is 9.80 Å². The van der Waals surface area contributed by atoms with Crippen LogP contribution in [0.1, 0.15) is 15.2 Å². The van der Waals surface area contributed by atoms with E-state index in [-0.39, 0.29) is 11.8 Å². The average molecular weight is 353 g/mol. The van der Waals surface area contributed by atoms with Gasteiger partial charge in [0.2, 0.25) is 5.91 Å². The number of nitrogens with zero attached hydrogens (tertiary/aromatic N) is 3. The van der Waals surface area contributed by atoms with Crippen LogP contribution in [-0.4, -0.2) is 63.9 Å². The lowest BCUT2D eigenvalue weighted by Gasteiger charge is -2.31. The third-order valence-corrected chi connectivity index (χ3v) is 6.59. The van der Waals surface area contributed by atoms with Crippen LogP contribution in [-0.2, 0) is 4.79 Å². The van der Waals surface area contributed by atoms with Crippen molar-refractivity contribution in [3.63, 3.8) is 0 Å². The smallest absolute Gasteiger partial charge is 0.266 e. The van der Waals surface area contributed by atoms with E-state index in [1.807, 2.05) is 22.7 Å². The summed E-state index contributed by atoms with van der Waals surface area (Å²) in [6.45, 7) is 1.52. The van der Waals surface area contributed by atoms with Crippen molar-refractivity contribution in [2.75, 3.05) is 36.2 Å². The maximum atomic E-state index is 12.7. The van der Waals surface area contributed by atoms with Gasteiger partial charge in [0.15, 0.2) is 0 Å². The van der Waals surface area contributed by atoms with Gasteiger partial charge in [0.1, 0.15) is 17.0 Å². The Morgan fingerprint density at radius 1 is 1.27 bits per heavy atom. The van der Waals surface area contributed by atoms with Crippen LogP contribution in [0.4, 0.5) is 0 Å². The fraction of sp³-hybridized carbons (Fsp3) is 0.500. The fourth-order valence-corrected chi connectivity index (χ4v) is 5.38. The number of nitriles is 1. The van der Waals surface area contributed by atoms with Crippen LogP contribution in [0.25, 0.3) is 0 Å². The third-order valence-electron chi connectivity index (χ3n) is 3.73. The van der Waals surface area contributed by atoms with E-state index in [9.17, 15) is 9.59 Å². The Hall–Kier alpha value is -1.17. The van der Waals surface area contributed by atoms with Crippen LogP contribution in [0, 0.1) is 11.3 Å². The van der Waals surface area contributed by atoms with E-state index in [1.165, 1.54) is 11.3 Å². The first kappa shape index (κ1) is 15.7. The SMILES string of the molecule is N#Cc1ccsc1C(=O)N1CSCC1C(=O)N1CCSCC1. The van der Waals surface area contributed by atoms with Crippen molar-refractivity contribution in [2.45, 2.75) is 6.04 Å². The van der Waals surface area contributed by atoms with E-state index < -0.39 is 6.04 Å². The van der Waals surface area contributed by atoms with Crippen molar-refractivity contribution < 1.29 is 9.59 Å². The molecular weight excluding hydrogens is 338 g/mol. The van der Waals surface area contributed by atoms with E-state index in [4.69, 9.17) is 5.26 Å². The van der Waals surface area contributed by atoms with Gasteiger partial charge in [-0.2, -0.15) is 17.0 Å². The van der Waals surface area contributed by atoms with E-state index >= 15 is 0 Å². The summed E-state index contributed by atoms with van der Waals surface area (Å²) in [5, 5.41) is 10.8. The molecular formula is C14H15N3O2S3. The Balaban J connectivity index is 1.77. The topological polar surface area (TPSA) is 64.4 Å². The van der Waals surface area contributed by atoms with Gasteiger partial charge in [-0.05, 0) is 11.4 Å². The van der Waals surface area contributed by atoms with Gasteiger partial charge in [-0.3, -0.25) is 9.59 Å². The Kier molecular flexibility index (Phi) is 4.96. The molecule has 2 saturated heterocycles. The molecule has 22 heavy (non-hydrogen) atoms. The van der Waals surface area contributed by atoms with Crippen LogP contribution in [0.2, 0.25) is 0 Å². The Morgan fingerprint density at radius 3 is 2.77 bits per heavy atom. The second-order valence-electron chi connectivity index (χ2n) is 5.00. The van der Waals surface area contributed by atoms with Crippen LogP contribution in [0.3, 0.4) is 0 Å².